The lowest BCUT2D eigenvalue weighted by molar-refractivity contribution is -0.384. The normalized spacial score (nSPS) is 11.8. The van der Waals surface area contributed by atoms with Gasteiger partial charge in [0.25, 0.3) is 11.6 Å². The van der Waals surface area contributed by atoms with E-state index in [2.05, 4.69) is 20.2 Å². The molecule has 0 aliphatic heterocycles. The van der Waals surface area contributed by atoms with Crippen molar-refractivity contribution >= 4 is 11.3 Å². The lowest BCUT2D eigenvalue weighted by Gasteiger charge is -2.11. The minimum Gasteiger partial charge on any atom is -0.332 e. The van der Waals surface area contributed by atoms with Gasteiger partial charge >= 0.3 is 6.18 Å². The van der Waals surface area contributed by atoms with Gasteiger partial charge in [0.1, 0.15) is 0 Å². The molecule has 176 valence electrons. The molecule has 0 aliphatic carbocycles. The highest BCUT2D eigenvalue weighted by Gasteiger charge is 2.35. The summed E-state index contributed by atoms with van der Waals surface area (Å²) >= 11 is 0. The van der Waals surface area contributed by atoms with Crippen molar-refractivity contribution < 1.29 is 22.6 Å². The Morgan fingerprint density at radius 3 is 2.29 bits per heavy atom. The molecule has 0 bridgehead atoms. The molecule has 12 heteroatoms. The number of non-ortho nitro benzene ring substituents is 1. The summed E-state index contributed by atoms with van der Waals surface area (Å²) in [5.41, 5.74) is 1.91. The molecule has 0 saturated carbocycles. The minimum absolute atomic E-state index is 0.000832. The molecule has 0 unspecified atom stereocenters. The van der Waals surface area contributed by atoms with E-state index in [0.717, 1.165) is 17.2 Å². The van der Waals surface area contributed by atoms with Crippen molar-refractivity contribution in [3.63, 3.8) is 0 Å². The van der Waals surface area contributed by atoms with Crippen LogP contribution in [0.25, 0.3) is 39.9 Å². The fourth-order valence-electron chi connectivity index (χ4n) is 3.51. The van der Waals surface area contributed by atoms with E-state index >= 15 is 0 Å². The number of hydrogen-bond donors (Lipinski definition) is 0. The van der Waals surface area contributed by atoms with Crippen LogP contribution in [0.1, 0.15) is 16.8 Å². The highest BCUT2D eigenvalue weighted by Crippen LogP contribution is 2.34. The number of fused-ring (bicyclic) bond motifs is 1. The molecule has 5 aromatic rings. The van der Waals surface area contributed by atoms with E-state index in [0.29, 0.717) is 15.6 Å². The predicted molar refractivity (Wildman–Crippen MR) is 118 cm³/mol. The molecule has 0 atom stereocenters. The van der Waals surface area contributed by atoms with Crippen molar-refractivity contribution in [1.82, 2.24) is 24.7 Å². The van der Waals surface area contributed by atoms with Crippen molar-refractivity contribution in [3.8, 4) is 34.2 Å². The predicted octanol–water partition coefficient (Wildman–Crippen LogP) is 5.66. The van der Waals surface area contributed by atoms with Gasteiger partial charge in [0.15, 0.2) is 17.0 Å². The number of rotatable bonds is 4. The molecule has 0 aliphatic rings. The van der Waals surface area contributed by atoms with Gasteiger partial charge in [-0.25, -0.2) is 9.50 Å². The smallest absolute Gasteiger partial charge is 0.332 e. The van der Waals surface area contributed by atoms with E-state index in [4.69, 9.17) is 4.52 Å². The lowest BCUT2D eigenvalue weighted by atomic mass is 10.0. The van der Waals surface area contributed by atoms with Crippen molar-refractivity contribution in [1.29, 1.82) is 0 Å². The van der Waals surface area contributed by atoms with Crippen LogP contribution in [-0.4, -0.2) is 29.7 Å². The number of halogens is 3. The summed E-state index contributed by atoms with van der Waals surface area (Å²) in [6, 6.07) is 13.0. The average Bonchev–Trinajstić information content (AvgIpc) is 3.47. The Bertz CT molecular complexity index is 1590. The van der Waals surface area contributed by atoms with Crippen molar-refractivity contribution in [2.24, 2.45) is 0 Å². The van der Waals surface area contributed by atoms with Crippen LogP contribution in [-0.2, 0) is 6.18 Å². The topological polar surface area (TPSA) is 112 Å². The minimum atomic E-state index is -4.70. The highest BCUT2D eigenvalue weighted by molar-refractivity contribution is 5.67. The van der Waals surface area contributed by atoms with Crippen molar-refractivity contribution in [3.05, 3.63) is 81.5 Å². The third-order valence-corrected chi connectivity index (χ3v) is 5.50. The van der Waals surface area contributed by atoms with Gasteiger partial charge in [0, 0.05) is 29.3 Å². The summed E-state index contributed by atoms with van der Waals surface area (Å²) < 4.78 is 47.6. The number of nitro groups is 1. The monoisotopic (exact) mass is 480 g/mol. The molecule has 0 amide bonds. The molecule has 0 N–H and O–H groups in total. The van der Waals surface area contributed by atoms with E-state index in [-0.39, 0.29) is 34.4 Å². The van der Waals surface area contributed by atoms with Crippen molar-refractivity contribution in [2.75, 3.05) is 0 Å². The summed E-state index contributed by atoms with van der Waals surface area (Å²) in [6.07, 6.45) is -4.70. The zero-order chi connectivity index (χ0) is 24.9. The molecule has 35 heavy (non-hydrogen) atoms. The maximum absolute atomic E-state index is 13.9. The van der Waals surface area contributed by atoms with Gasteiger partial charge in [-0.2, -0.15) is 23.3 Å². The Hall–Kier alpha value is -4.61. The number of aromatic nitrogens is 5. The van der Waals surface area contributed by atoms with Crippen molar-refractivity contribution in [2.45, 2.75) is 20.0 Å². The van der Waals surface area contributed by atoms with Crippen LogP contribution in [0.4, 0.5) is 18.9 Å². The highest BCUT2D eigenvalue weighted by atomic mass is 19.4. The van der Waals surface area contributed by atoms with Crippen LogP contribution in [0, 0.1) is 24.0 Å². The van der Waals surface area contributed by atoms with Gasteiger partial charge in [-0.1, -0.05) is 17.3 Å². The molecule has 3 aromatic heterocycles. The first-order valence-electron chi connectivity index (χ1n) is 10.2. The fraction of sp³-hybridized carbons (Fsp3) is 0.130. The third-order valence-electron chi connectivity index (χ3n) is 5.50. The van der Waals surface area contributed by atoms with Crippen LogP contribution in [0.5, 0.6) is 0 Å². The summed E-state index contributed by atoms with van der Waals surface area (Å²) in [6.45, 7) is 3.78. The van der Waals surface area contributed by atoms with Gasteiger partial charge in [0.05, 0.1) is 10.6 Å². The molecule has 2 aromatic carbocycles. The molecule has 0 spiro atoms. The largest absolute Gasteiger partial charge is 0.433 e. The second-order valence-corrected chi connectivity index (χ2v) is 7.85. The Morgan fingerprint density at radius 1 is 0.914 bits per heavy atom. The molecule has 0 radical (unpaired) electrons. The molecular formula is C23H15F3N6O3. The number of nitrogens with zero attached hydrogens (tertiary/aromatic N) is 6. The molecule has 5 rings (SSSR count). The number of nitro benzene ring substituents is 1. The lowest BCUT2D eigenvalue weighted by Crippen LogP contribution is -2.13. The summed E-state index contributed by atoms with van der Waals surface area (Å²) in [5, 5.41) is 18.6. The van der Waals surface area contributed by atoms with Crippen LogP contribution in [0.2, 0.25) is 0 Å². The zero-order valence-corrected chi connectivity index (χ0v) is 18.2. The molecule has 0 saturated heterocycles. The van der Waals surface area contributed by atoms with Gasteiger partial charge in [-0.05, 0) is 49.2 Å². The maximum atomic E-state index is 13.9. The number of aryl methyl sites for hydroxylation is 2. The molecule has 0 fully saturated rings. The molecule has 9 nitrogen and oxygen atoms in total. The van der Waals surface area contributed by atoms with Crippen LogP contribution < -0.4 is 0 Å². The Labute approximate surface area is 195 Å². The van der Waals surface area contributed by atoms with Crippen LogP contribution >= 0.6 is 0 Å². The van der Waals surface area contributed by atoms with Gasteiger partial charge in [-0.15, -0.1) is 0 Å². The van der Waals surface area contributed by atoms with E-state index in [1.165, 1.54) is 30.3 Å². The fourth-order valence-corrected chi connectivity index (χ4v) is 3.51. The number of alkyl halides is 3. The quantitative estimate of drug-likeness (QED) is 0.241. The first-order chi connectivity index (χ1) is 16.6. The third kappa shape index (κ3) is 4.09. The average molecular weight is 480 g/mol. The van der Waals surface area contributed by atoms with E-state index in [1.807, 2.05) is 19.9 Å². The Morgan fingerprint density at radius 2 is 1.63 bits per heavy atom. The summed E-state index contributed by atoms with van der Waals surface area (Å²) in [7, 11) is 0. The summed E-state index contributed by atoms with van der Waals surface area (Å²) in [4.78, 5) is 18.8. The van der Waals surface area contributed by atoms with Gasteiger partial charge < -0.3 is 4.52 Å². The van der Waals surface area contributed by atoms with Gasteiger partial charge in [-0.3, -0.25) is 10.1 Å². The van der Waals surface area contributed by atoms with Crippen LogP contribution in [0.3, 0.4) is 0 Å². The second-order valence-electron chi connectivity index (χ2n) is 7.85. The zero-order valence-electron chi connectivity index (χ0n) is 18.2. The molecule has 3 heterocycles. The van der Waals surface area contributed by atoms with E-state index in [9.17, 15) is 23.3 Å². The maximum Gasteiger partial charge on any atom is 0.433 e. The first kappa shape index (κ1) is 22.2. The van der Waals surface area contributed by atoms with Crippen LogP contribution in [0.15, 0.2) is 59.1 Å². The second kappa shape index (κ2) is 8.01. The number of hydrogen-bond acceptors (Lipinski definition) is 7. The van der Waals surface area contributed by atoms with E-state index < -0.39 is 16.8 Å². The summed E-state index contributed by atoms with van der Waals surface area (Å²) in [5.74, 6) is -0.0171. The van der Waals surface area contributed by atoms with E-state index in [1.54, 1.807) is 12.1 Å². The van der Waals surface area contributed by atoms with Gasteiger partial charge in [0.2, 0.25) is 5.82 Å². The standard InChI is InChI=1S/C23H15F3N6O3/c1-12-3-4-15(9-13(12)2)17-10-19(23(24,25)26)31-20(27-17)11-18(29-31)22-28-21(30-35-22)14-5-7-16(8-6-14)32(33)34/h3-11H,1-2H3. The first-order valence-corrected chi connectivity index (χ1v) is 10.2. The number of benzene rings is 2. The Balaban J connectivity index is 1.58. The molecular weight excluding hydrogens is 465 g/mol. The Kier molecular flexibility index (Phi) is 5.08. The SMILES string of the molecule is Cc1ccc(-c2cc(C(F)(F)F)n3nc(-c4nc(-c5ccc([N+](=O)[O-])cc5)no4)cc3n2)cc1C.